The second-order valence-corrected chi connectivity index (χ2v) is 2.60. The van der Waals surface area contributed by atoms with Gasteiger partial charge in [-0.05, 0) is 0 Å². The normalized spacial score (nSPS) is 44.7. The van der Waals surface area contributed by atoms with E-state index < -0.39 is 18.0 Å². The van der Waals surface area contributed by atoms with Gasteiger partial charge in [0, 0.05) is 7.11 Å². The molecule has 0 radical (unpaired) electrons. The molecule has 1 aliphatic heterocycles. The Morgan fingerprint density at radius 3 is 2.64 bits per heavy atom. The largest absolute Gasteiger partial charge is 0.388 e. The lowest BCUT2D eigenvalue weighted by Gasteiger charge is -2.24. The van der Waals surface area contributed by atoms with Crippen molar-refractivity contribution in [3.05, 3.63) is 0 Å². The highest BCUT2D eigenvalue weighted by Crippen LogP contribution is 2.23. The Bertz CT molecular complexity index is 135. The first-order valence-electron chi connectivity index (χ1n) is 3.31. The molecule has 1 fully saturated rings. The van der Waals surface area contributed by atoms with Crippen LogP contribution >= 0.6 is 0 Å². The summed E-state index contributed by atoms with van der Waals surface area (Å²) in [5, 5.41) is 27.5. The number of rotatable bonds is 2. The number of methoxy groups -OCH3 is 1. The van der Waals surface area contributed by atoms with Gasteiger partial charge in [-0.15, -0.1) is 0 Å². The van der Waals surface area contributed by atoms with Crippen molar-refractivity contribution in [1.82, 2.24) is 0 Å². The van der Waals surface area contributed by atoms with Gasteiger partial charge < -0.3 is 24.8 Å². The molecule has 1 rings (SSSR count). The van der Waals surface area contributed by atoms with Gasteiger partial charge in [-0.1, -0.05) is 0 Å². The quantitative estimate of drug-likeness (QED) is 0.443. The maximum Gasteiger partial charge on any atom is 0.219 e. The number of aliphatic hydroxyl groups is 3. The number of hydrogen-bond acceptors (Lipinski definition) is 5. The maximum absolute atomic E-state index is 9.37. The minimum atomic E-state index is -1.74. The summed E-state index contributed by atoms with van der Waals surface area (Å²) in [6.45, 7) is -0.216. The Labute approximate surface area is 64.2 Å². The molecular weight excluding hydrogens is 152 g/mol. The molecule has 0 aliphatic carbocycles. The van der Waals surface area contributed by atoms with Crippen LogP contribution in [0.1, 0.15) is 0 Å². The van der Waals surface area contributed by atoms with E-state index in [2.05, 4.69) is 4.74 Å². The summed E-state index contributed by atoms with van der Waals surface area (Å²) in [6.07, 6.45) is -2.32. The zero-order valence-electron chi connectivity index (χ0n) is 6.23. The van der Waals surface area contributed by atoms with E-state index in [0.29, 0.717) is 0 Å². The van der Waals surface area contributed by atoms with Gasteiger partial charge in [0.25, 0.3) is 0 Å². The van der Waals surface area contributed by atoms with Crippen molar-refractivity contribution in [2.24, 2.45) is 0 Å². The zero-order chi connectivity index (χ0) is 8.48. The summed E-state index contributed by atoms with van der Waals surface area (Å²) in [5.41, 5.74) is 0. The van der Waals surface area contributed by atoms with Crippen LogP contribution in [0.25, 0.3) is 0 Å². The molecule has 0 unspecified atom stereocenters. The molecule has 0 amide bonds. The van der Waals surface area contributed by atoms with Gasteiger partial charge in [-0.3, -0.25) is 0 Å². The minimum absolute atomic E-state index is 0.0684. The Balaban J connectivity index is 2.57. The van der Waals surface area contributed by atoms with Crippen molar-refractivity contribution in [3.63, 3.8) is 0 Å². The van der Waals surface area contributed by atoms with Gasteiger partial charge in [0.2, 0.25) is 5.79 Å². The van der Waals surface area contributed by atoms with Crippen molar-refractivity contribution < 1.29 is 24.8 Å². The molecule has 0 spiro atoms. The molecule has 0 bridgehead atoms. The average molecular weight is 164 g/mol. The van der Waals surface area contributed by atoms with Crippen molar-refractivity contribution in [2.45, 2.75) is 18.0 Å². The zero-order valence-corrected chi connectivity index (χ0v) is 6.23. The van der Waals surface area contributed by atoms with Crippen molar-refractivity contribution >= 4 is 0 Å². The van der Waals surface area contributed by atoms with Gasteiger partial charge in [-0.25, -0.2) is 0 Å². The first-order valence-corrected chi connectivity index (χ1v) is 3.31. The standard InChI is InChI=1S/C6H12O5/c1-10-3-6(9)5(8)4(7)2-11-6/h4-5,7-9H,2-3H2,1H3/t4-,5+,6-/m1/s1. The molecule has 1 aliphatic rings. The van der Waals surface area contributed by atoms with Crippen molar-refractivity contribution in [1.29, 1.82) is 0 Å². The predicted octanol–water partition coefficient (Wildman–Crippen LogP) is -1.93. The average Bonchev–Trinajstić information content (AvgIpc) is 2.19. The fraction of sp³-hybridized carbons (Fsp3) is 1.00. The van der Waals surface area contributed by atoms with Crippen LogP contribution in [0, 0.1) is 0 Å². The third kappa shape index (κ3) is 1.52. The van der Waals surface area contributed by atoms with E-state index in [-0.39, 0.29) is 13.2 Å². The molecule has 0 saturated carbocycles. The van der Waals surface area contributed by atoms with Crippen molar-refractivity contribution in [2.75, 3.05) is 20.3 Å². The topological polar surface area (TPSA) is 79.2 Å². The van der Waals surface area contributed by atoms with Crippen LogP contribution in [-0.2, 0) is 9.47 Å². The fourth-order valence-corrected chi connectivity index (χ4v) is 1.04. The Morgan fingerprint density at radius 2 is 2.27 bits per heavy atom. The summed E-state index contributed by atoms with van der Waals surface area (Å²) in [4.78, 5) is 0. The van der Waals surface area contributed by atoms with Crippen LogP contribution in [0.4, 0.5) is 0 Å². The van der Waals surface area contributed by atoms with Crippen LogP contribution < -0.4 is 0 Å². The molecular formula is C6H12O5. The second kappa shape index (κ2) is 3.04. The van der Waals surface area contributed by atoms with Gasteiger partial charge in [0.05, 0.1) is 6.61 Å². The molecule has 1 heterocycles. The lowest BCUT2D eigenvalue weighted by Crippen LogP contribution is -2.46. The van der Waals surface area contributed by atoms with E-state index >= 15 is 0 Å². The highest BCUT2D eigenvalue weighted by Gasteiger charge is 2.47. The minimum Gasteiger partial charge on any atom is -0.388 e. The first-order chi connectivity index (χ1) is 5.10. The second-order valence-electron chi connectivity index (χ2n) is 2.60. The van der Waals surface area contributed by atoms with E-state index in [1.807, 2.05) is 0 Å². The molecule has 5 heteroatoms. The van der Waals surface area contributed by atoms with E-state index in [1.54, 1.807) is 0 Å². The molecule has 3 N–H and O–H groups in total. The summed E-state index contributed by atoms with van der Waals surface area (Å²) in [7, 11) is 1.37. The van der Waals surface area contributed by atoms with Crippen LogP contribution in [0.3, 0.4) is 0 Å². The lowest BCUT2D eigenvalue weighted by molar-refractivity contribution is -0.238. The van der Waals surface area contributed by atoms with Gasteiger partial charge in [-0.2, -0.15) is 0 Å². The molecule has 5 nitrogen and oxygen atoms in total. The van der Waals surface area contributed by atoms with Gasteiger partial charge in [0.15, 0.2) is 0 Å². The predicted molar refractivity (Wildman–Crippen MR) is 34.8 cm³/mol. The summed E-state index contributed by atoms with van der Waals surface area (Å²) >= 11 is 0. The van der Waals surface area contributed by atoms with Gasteiger partial charge >= 0.3 is 0 Å². The third-order valence-corrected chi connectivity index (χ3v) is 1.68. The monoisotopic (exact) mass is 164 g/mol. The van der Waals surface area contributed by atoms with Crippen molar-refractivity contribution in [3.8, 4) is 0 Å². The summed E-state index contributed by atoms with van der Waals surface area (Å²) in [6, 6.07) is 0. The van der Waals surface area contributed by atoms with E-state index in [0.717, 1.165) is 0 Å². The smallest absolute Gasteiger partial charge is 0.219 e. The Morgan fingerprint density at radius 1 is 1.64 bits per heavy atom. The highest BCUT2D eigenvalue weighted by atomic mass is 16.7. The van der Waals surface area contributed by atoms with E-state index in [4.69, 9.17) is 14.9 Å². The van der Waals surface area contributed by atoms with Crippen LogP contribution in [0.2, 0.25) is 0 Å². The molecule has 3 atom stereocenters. The van der Waals surface area contributed by atoms with E-state index in [1.165, 1.54) is 7.11 Å². The fourth-order valence-electron chi connectivity index (χ4n) is 1.04. The van der Waals surface area contributed by atoms with Crippen LogP contribution in [0.15, 0.2) is 0 Å². The highest BCUT2D eigenvalue weighted by molar-refractivity contribution is 4.88. The van der Waals surface area contributed by atoms with Gasteiger partial charge in [0.1, 0.15) is 18.8 Å². The van der Waals surface area contributed by atoms with E-state index in [9.17, 15) is 5.11 Å². The number of aliphatic hydroxyl groups excluding tert-OH is 2. The lowest BCUT2D eigenvalue weighted by atomic mass is 10.1. The first kappa shape index (κ1) is 8.89. The molecule has 0 aromatic rings. The molecule has 66 valence electrons. The van der Waals surface area contributed by atoms with Crippen LogP contribution in [0.5, 0.6) is 0 Å². The third-order valence-electron chi connectivity index (χ3n) is 1.68. The SMILES string of the molecule is COC[C@@]1(O)OC[C@@H](O)[C@@H]1O. The Hall–Kier alpha value is -0.200. The number of ether oxygens (including phenoxy) is 2. The number of hydrogen-bond donors (Lipinski definition) is 3. The molecule has 0 aromatic heterocycles. The molecule has 1 saturated heterocycles. The maximum atomic E-state index is 9.37. The van der Waals surface area contributed by atoms with Crippen LogP contribution in [-0.4, -0.2) is 53.6 Å². The summed E-state index contributed by atoms with van der Waals surface area (Å²) in [5.74, 6) is -1.74. The molecule has 11 heavy (non-hydrogen) atoms. The summed E-state index contributed by atoms with van der Waals surface area (Å²) < 4.78 is 9.34. The molecule has 0 aromatic carbocycles. The Kier molecular flexibility index (Phi) is 2.46.